The highest BCUT2D eigenvalue weighted by Gasteiger charge is 2.19. The fraction of sp³-hybridized carbons (Fsp3) is 0.200. The van der Waals surface area contributed by atoms with Gasteiger partial charge in [-0.2, -0.15) is 4.98 Å². The van der Waals surface area contributed by atoms with Gasteiger partial charge in [0.05, 0.1) is 10.6 Å². The number of rotatable bonds is 6. The Morgan fingerprint density at radius 2 is 1.89 bits per heavy atom. The van der Waals surface area contributed by atoms with E-state index >= 15 is 0 Å². The smallest absolute Gasteiger partial charge is 0.292 e. The zero-order chi connectivity index (χ0) is 20.3. The maximum atomic E-state index is 11.7. The van der Waals surface area contributed by atoms with Crippen LogP contribution in [0.4, 0.5) is 23.1 Å². The van der Waals surface area contributed by atoms with E-state index < -0.39 is 4.92 Å². The van der Waals surface area contributed by atoms with Gasteiger partial charge in [0.2, 0.25) is 5.95 Å². The SMILES string of the molecule is CCc1nc(N)nc(N)c1-c1ccc(NCc2ccccc2C)c([N+](=O)[O-])c1. The molecule has 0 atom stereocenters. The zero-order valence-corrected chi connectivity index (χ0v) is 15.8. The molecule has 8 heteroatoms. The summed E-state index contributed by atoms with van der Waals surface area (Å²) in [6.07, 6.45) is 0.577. The summed E-state index contributed by atoms with van der Waals surface area (Å²) in [5.41, 5.74) is 16.1. The number of aromatic nitrogens is 2. The van der Waals surface area contributed by atoms with Crippen LogP contribution in [0.3, 0.4) is 0 Å². The van der Waals surface area contributed by atoms with Crippen molar-refractivity contribution in [1.82, 2.24) is 9.97 Å². The monoisotopic (exact) mass is 378 g/mol. The first-order chi connectivity index (χ1) is 13.4. The van der Waals surface area contributed by atoms with Crippen LogP contribution in [0.2, 0.25) is 0 Å². The number of nitrogens with zero attached hydrogens (tertiary/aromatic N) is 3. The Morgan fingerprint density at radius 1 is 1.14 bits per heavy atom. The van der Waals surface area contributed by atoms with Crippen molar-refractivity contribution in [3.05, 3.63) is 69.4 Å². The molecule has 1 heterocycles. The molecular weight excluding hydrogens is 356 g/mol. The van der Waals surface area contributed by atoms with Crippen LogP contribution in [-0.4, -0.2) is 14.9 Å². The number of hydrogen-bond acceptors (Lipinski definition) is 7. The molecule has 0 unspecified atom stereocenters. The molecule has 28 heavy (non-hydrogen) atoms. The molecule has 0 spiro atoms. The van der Waals surface area contributed by atoms with Crippen molar-refractivity contribution in [3.63, 3.8) is 0 Å². The highest BCUT2D eigenvalue weighted by Crippen LogP contribution is 2.35. The number of benzene rings is 2. The molecule has 144 valence electrons. The number of nitrogen functional groups attached to an aromatic ring is 2. The Hall–Kier alpha value is -3.68. The van der Waals surface area contributed by atoms with Crippen LogP contribution in [0.5, 0.6) is 0 Å². The highest BCUT2D eigenvalue weighted by atomic mass is 16.6. The maximum absolute atomic E-state index is 11.7. The third kappa shape index (κ3) is 3.85. The van der Waals surface area contributed by atoms with E-state index in [9.17, 15) is 10.1 Å². The van der Waals surface area contributed by atoms with E-state index in [1.807, 2.05) is 38.1 Å². The number of hydrogen-bond donors (Lipinski definition) is 3. The maximum Gasteiger partial charge on any atom is 0.292 e. The number of anilines is 3. The summed E-state index contributed by atoms with van der Waals surface area (Å²) in [6, 6.07) is 12.8. The Morgan fingerprint density at radius 3 is 2.57 bits per heavy atom. The molecule has 5 N–H and O–H groups in total. The fourth-order valence-electron chi connectivity index (χ4n) is 3.10. The summed E-state index contributed by atoms with van der Waals surface area (Å²) < 4.78 is 0. The van der Waals surface area contributed by atoms with Gasteiger partial charge in [0.25, 0.3) is 5.69 Å². The number of nitrogens with one attached hydrogen (secondary N) is 1. The van der Waals surface area contributed by atoms with Gasteiger partial charge in [-0.1, -0.05) is 37.3 Å². The van der Waals surface area contributed by atoms with E-state index in [2.05, 4.69) is 15.3 Å². The lowest BCUT2D eigenvalue weighted by Crippen LogP contribution is -2.07. The van der Waals surface area contributed by atoms with Crippen molar-refractivity contribution >= 4 is 23.1 Å². The lowest BCUT2D eigenvalue weighted by atomic mass is 10.0. The van der Waals surface area contributed by atoms with Crippen LogP contribution in [0.25, 0.3) is 11.1 Å². The quantitative estimate of drug-likeness (QED) is 0.440. The van der Waals surface area contributed by atoms with Gasteiger partial charge in [0, 0.05) is 18.2 Å². The first kappa shape index (κ1) is 19.1. The van der Waals surface area contributed by atoms with Gasteiger partial charge < -0.3 is 16.8 Å². The van der Waals surface area contributed by atoms with Gasteiger partial charge in [-0.05, 0) is 36.1 Å². The van der Waals surface area contributed by atoms with Crippen LogP contribution >= 0.6 is 0 Å². The van der Waals surface area contributed by atoms with Crippen molar-refractivity contribution in [1.29, 1.82) is 0 Å². The zero-order valence-electron chi connectivity index (χ0n) is 15.8. The van der Waals surface area contributed by atoms with Crippen LogP contribution in [-0.2, 0) is 13.0 Å². The van der Waals surface area contributed by atoms with Crippen molar-refractivity contribution in [2.75, 3.05) is 16.8 Å². The molecule has 0 aliphatic heterocycles. The Bertz CT molecular complexity index is 1040. The lowest BCUT2D eigenvalue weighted by Gasteiger charge is -2.13. The summed E-state index contributed by atoms with van der Waals surface area (Å²) in [5.74, 6) is 0.295. The van der Waals surface area contributed by atoms with E-state index in [1.54, 1.807) is 12.1 Å². The summed E-state index contributed by atoms with van der Waals surface area (Å²) in [7, 11) is 0. The van der Waals surface area contributed by atoms with Crippen LogP contribution in [0.15, 0.2) is 42.5 Å². The average Bonchev–Trinajstić information content (AvgIpc) is 2.66. The second kappa shape index (κ2) is 7.91. The molecule has 0 amide bonds. The van der Waals surface area contributed by atoms with Gasteiger partial charge in [0.1, 0.15) is 11.5 Å². The normalized spacial score (nSPS) is 10.6. The summed E-state index contributed by atoms with van der Waals surface area (Å²) in [5, 5.41) is 14.8. The van der Waals surface area contributed by atoms with Gasteiger partial charge in [-0.25, -0.2) is 4.98 Å². The van der Waals surface area contributed by atoms with E-state index in [0.717, 1.165) is 11.1 Å². The summed E-state index contributed by atoms with van der Waals surface area (Å²) >= 11 is 0. The van der Waals surface area contributed by atoms with Gasteiger partial charge in [-0.15, -0.1) is 0 Å². The minimum absolute atomic E-state index is 0.0376. The molecule has 3 rings (SSSR count). The van der Waals surface area contributed by atoms with E-state index in [1.165, 1.54) is 6.07 Å². The Labute approximate surface area is 162 Å². The molecule has 2 aromatic carbocycles. The second-order valence-corrected chi connectivity index (χ2v) is 6.41. The number of nitro benzene ring substituents is 1. The van der Waals surface area contributed by atoms with E-state index in [0.29, 0.717) is 35.5 Å². The fourth-order valence-corrected chi connectivity index (χ4v) is 3.10. The third-order valence-electron chi connectivity index (χ3n) is 4.58. The molecule has 8 nitrogen and oxygen atoms in total. The minimum atomic E-state index is -0.413. The van der Waals surface area contributed by atoms with Crippen LogP contribution in [0, 0.1) is 17.0 Å². The Kier molecular flexibility index (Phi) is 5.39. The molecule has 0 radical (unpaired) electrons. The average molecular weight is 378 g/mol. The number of nitro groups is 1. The highest BCUT2D eigenvalue weighted by molar-refractivity contribution is 5.81. The minimum Gasteiger partial charge on any atom is -0.383 e. The molecule has 0 aliphatic rings. The third-order valence-corrected chi connectivity index (χ3v) is 4.58. The van der Waals surface area contributed by atoms with Crippen molar-refractivity contribution in [2.45, 2.75) is 26.8 Å². The lowest BCUT2D eigenvalue weighted by molar-refractivity contribution is -0.383. The predicted octanol–water partition coefficient (Wildman–Crippen LogP) is 3.70. The molecule has 0 saturated carbocycles. The van der Waals surface area contributed by atoms with Crippen molar-refractivity contribution < 1.29 is 4.92 Å². The predicted molar refractivity (Wildman–Crippen MR) is 111 cm³/mol. The standard InChI is InChI=1S/C20H22N6O2/c1-3-15-18(19(21)25-20(22)24-15)13-8-9-16(17(10-13)26(27)28)23-11-14-7-5-4-6-12(14)2/h4-10,23H,3,11H2,1-2H3,(H4,21,22,24,25). The van der Waals surface area contributed by atoms with E-state index in [-0.39, 0.29) is 17.5 Å². The van der Waals surface area contributed by atoms with Crippen molar-refractivity contribution in [2.24, 2.45) is 0 Å². The largest absolute Gasteiger partial charge is 0.383 e. The molecule has 3 aromatic rings. The number of aryl methyl sites for hydroxylation is 2. The number of nitrogens with two attached hydrogens (primary N) is 2. The van der Waals surface area contributed by atoms with Gasteiger partial charge in [-0.3, -0.25) is 10.1 Å². The first-order valence-corrected chi connectivity index (χ1v) is 8.89. The van der Waals surface area contributed by atoms with Gasteiger partial charge in [0.15, 0.2) is 0 Å². The molecule has 0 aliphatic carbocycles. The summed E-state index contributed by atoms with van der Waals surface area (Å²) in [6.45, 7) is 4.40. The summed E-state index contributed by atoms with van der Waals surface area (Å²) in [4.78, 5) is 19.5. The topological polar surface area (TPSA) is 133 Å². The molecular formula is C20H22N6O2. The molecule has 0 fully saturated rings. The molecule has 0 saturated heterocycles. The van der Waals surface area contributed by atoms with E-state index in [4.69, 9.17) is 11.5 Å². The first-order valence-electron chi connectivity index (χ1n) is 8.89. The molecule has 0 bridgehead atoms. The molecule has 1 aromatic heterocycles. The Balaban J connectivity index is 1.99. The van der Waals surface area contributed by atoms with Crippen LogP contribution in [0.1, 0.15) is 23.7 Å². The van der Waals surface area contributed by atoms with Crippen LogP contribution < -0.4 is 16.8 Å². The second-order valence-electron chi connectivity index (χ2n) is 6.41. The van der Waals surface area contributed by atoms with Crippen molar-refractivity contribution in [3.8, 4) is 11.1 Å². The van der Waals surface area contributed by atoms with Gasteiger partial charge >= 0.3 is 0 Å².